The largest absolute Gasteiger partial charge is 0.334 e. The molecule has 1 aliphatic carbocycles. The van der Waals surface area contributed by atoms with Gasteiger partial charge in [0.2, 0.25) is 0 Å². The van der Waals surface area contributed by atoms with E-state index >= 15 is 0 Å². The van der Waals surface area contributed by atoms with E-state index in [-0.39, 0.29) is 5.91 Å². The molecule has 6 nitrogen and oxygen atoms in total. The third-order valence-corrected chi connectivity index (χ3v) is 4.39. The summed E-state index contributed by atoms with van der Waals surface area (Å²) in [6.45, 7) is 1.98. The molecule has 2 fully saturated rings. The van der Waals surface area contributed by atoms with Crippen molar-refractivity contribution in [2.24, 2.45) is 11.7 Å². The molecular formula is C13H21N5O. The molecule has 104 valence electrons. The summed E-state index contributed by atoms with van der Waals surface area (Å²) in [4.78, 5) is 14.5. The Hall–Kier alpha value is -1.43. The van der Waals surface area contributed by atoms with Crippen LogP contribution in [-0.2, 0) is 6.54 Å². The maximum absolute atomic E-state index is 12.5. The van der Waals surface area contributed by atoms with Crippen LogP contribution in [0.3, 0.4) is 0 Å². The van der Waals surface area contributed by atoms with Gasteiger partial charge in [-0.1, -0.05) is 18.1 Å². The quantitative estimate of drug-likeness (QED) is 0.868. The molecule has 3 rings (SSSR count). The van der Waals surface area contributed by atoms with E-state index in [0.29, 0.717) is 30.7 Å². The summed E-state index contributed by atoms with van der Waals surface area (Å²) in [5.74, 6) is 0.745. The SMILES string of the molecule is NCCn1cc(C(=O)N2CCC3CCCCC32)nn1. The number of nitrogens with zero attached hydrogens (tertiary/aromatic N) is 4. The minimum Gasteiger partial charge on any atom is -0.334 e. The molecule has 1 saturated heterocycles. The van der Waals surface area contributed by atoms with Crippen molar-refractivity contribution in [2.45, 2.75) is 44.7 Å². The minimum atomic E-state index is 0.0395. The van der Waals surface area contributed by atoms with E-state index in [2.05, 4.69) is 10.3 Å². The lowest BCUT2D eigenvalue weighted by Gasteiger charge is -2.31. The van der Waals surface area contributed by atoms with E-state index in [0.717, 1.165) is 19.4 Å². The van der Waals surface area contributed by atoms with Crippen molar-refractivity contribution in [3.63, 3.8) is 0 Å². The third kappa shape index (κ3) is 2.36. The Balaban J connectivity index is 1.72. The average molecular weight is 263 g/mol. The summed E-state index contributed by atoms with van der Waals surface area (Å²) in [5, 5.41) is 7.92. The summed E-state index contributed by atoms with van der Waals surface area (Å²) in [6, 6.07) is 0.431. The monoisotopic (exact) mass is 263 g/mol. The van der Waals surface area contributed by atoms with Crippen molar-refractivity contribution in [3.05, 3.63) is 11.9 Å². The highest BCUT2D eigenvalue weighted by molar-refractivity contribution is 5.92. The zero-order valence-corrected chi connectivity index (χ0v) is 11.2. The van der Waals surface area contributed by atoms with Gasteiger partial charge in [-0.05, 0) is 25.2 Å². The number of nitrogens with two attached hydrogens (primary N) is 1. The first-order valence-electron chi connectivity index (χ1n) is 7.21. The maximum atomic E-state index is 12.5. The molecule has 1 aromatic heterocycles. The van der Waals surface area contributed by atoms with Crippen molar-refractivity contribution >= 4 is 5.91 Å². The van der Waals surface area contributed by atoms with Gasteiger partial charge in [-0.15, -0.1) is 5.10 Å². The van der Waals surface area contributed by atoms with Gasteiger partial charge >= 0.3 is 0 Å². The Morgan fingerprint density at radius 1 is 1.37 bits per heavy atom. The van der Waals surface area contributed by atoms with Crippen molar-refractivity contribution in [1.29, 1.82) is 0 Å². The van der Waals surface area contributed by atoms with Gasteiger partial charge in [0, 0.05) is 19.1 Å². The maximum Gasteiger partial charge on any atom is 0.276 e. The van der Waals surface area contributed by atoms with Crippen LogP contribution in [0.25, 0.3) is 0 Å². The standard InChI is InChI=1S/C13H21N5O/c14-6-8-17-9-11(15-16-17)13(19)18-7-5-10-3-1-2-4-12(10)18/h9-10,12H,1-8,14H2. The summed E-state index contributed by atoms with van der Waals surface area (Å²) >= 11 is 0. The van der Waals surface area contributed by atoms with Gasteiger partial charge < -0.3 is 10.6 Å². The van der Waals surface area contributed by atoms with Crippen LogP contribution in [0, 0.1) is 5.92 Å². The summed E-state index contributed by atoms with van der Waals surface area (Å²) in [5.41, 5.74) is 5.93. The van der Waals surface area contributed by atoms with Crippen LogP contribution in [0.4, 0.5) is 0 Å². The molecule has 0 bridgehead atoms. The molecule has 0 spiro atoms. The number of hydrogen-bond acceptors (Lipinski definition) is 4. The molecular weight excluding hydrogens is 242 g/mol. The van der Waals surface area contributed by atoms with Gasteiger partial charge in [-0.25, -0.2) is 0 Å². The molecule has 2 N–H and O–H groups in total. The molecule has 2 unspecified atom stereocenters. The molecule has 0 radical (unpaired) electrons. The normalized spacial score (nSPS) is 26.5. The van der Waals surface area contributed by atoms with Gasteiger partial charge in [-0.3, -0.25) is 9.48 Å². The summed E-state index contributed by atoms with van der Waals surface area (Å²) in [6.07, 6.45) is 7.83. The van der Waals surface area contributed by atoms with E-state index in [1.165, 1.54) is 19.3 Å². The Labute approximate surface area is 112 Å². The van der Waals surface area contributed by atoms with Crippen LogP contribution >= 0.6 is 0 Å². The Bertz CT molecular complexity index is 458. The highest BCUT2D eigenvalue weighted by Gasteiger charge is 2.39. The number of rotatable bonds is 3. The molecule has 19 heavy (non-hydrogen) atoms. The molecule has 1 amide bonds. The number of carbonyl (C=O) groups excluding carboxylic acids is 1. The van der Waals surface area contributed by atoms with Crippen LogP contribution in [0.2, 0.25) is 0 Å². The third-order valence-electron chi connectivity index (χ3n) is 4.39. The summed E-state index contributed by atoms with van der Waals surface area (Å²) in [7, 11) is 0. The summed E-state index contributed by atoms with van der Waals surface area (Å²) < 4.78 is 1.64. The first-order valence-corrected chi connectivity index (χ1v) is 7.21. The Kier molecular flexibility index (Phi) is 3.50. The van der Waals surface area contributed by atoms with Crippen molar-refractivity contribution in [3.8, 4) is 0 Å². The predicted molar refractivity (Wildman–Crippen MR) is 70.5 cm³/mol. The molecule has 1 aliphatic heterocycles. The fourth-order valence-corrected chi connectivity index (χ4v) is 3.44. The van der Waals surface area contributed by atoms with Crippen molar-refractivity contribution in [1.82, 2.24) is 19.9 Å². The topological polar surface area (TPSA) is 77.0 Å². The number of aromatic nitrogens is 3. The number of carbonyl (C=O) groups is 1. The van der Waals surface area contributed by atoms with Crippen LogP contribution < -0.4 is 5.73 Å². The second-order valence-corrected chi connectivity index (χ2v) is 5.55. The van der Waals surface area contributed by atoms with E-state index in [9.17, 15) is 4.79 Å². The van der Waals surface area contributed by atoms with Crippen molar-refractivity contribution < 1.29 is 4.79 Å². The van der Waals surface area contributed by atoms with Gasteiger partial charge in [-0.2, -0.15) is 0 Å². The van der Waals surface area contributed by atoms with E-state index < -0.39 is 0 Å². The number of fused-ring (bicyclic) bond motifs is 1. The molecule has 2 aliphatic rings. The lowest BCUT2D eigenvalue weighted by molar-refractivity contribution is 0.0684. The Morgan fingerprint density at radius 3 is 3.05 bits per heavy atom. The van der Waals surface area contributed by atoms with Crippen LogP contribution in [0.5, 0.6) is 0 Å². The molecule has 1 saturated carbocycles. The lowest BCUT2D eigenvalue weighted by Crippen LogP contribution is -2.39. The smallest absolute Gasteiger partial charge is 0.276 e. The van der Waals surface area contributed by atoms with Gasteiger partial charge in [0.25, 0.3) is 5.91 Å². The van der Waals surface area contributed by atoms with E-state index in [1.807, 2.05) is 4.90 Å². The number of likely N-dealkylation sites (tertiary alicyclic amines) is 1. The highest BCUT2D eigenvalue weighted by Crippen LogP contribution is 2.36. The van der Waals surface area contributed by atoms with Crippen molar-refractivity contribution in [2.75, 3.05) is 13.1 Å². The second kappa shape index (κ2) is 5.28. The number of hydrogen-bond donors (Lipinski definition) is 1. The first kappa shape index (κ1) is 12.6. The average Bonchev–Trinajstić information content (AvgIpc) is 3.05. The second-order valence-electron chi connectivity index (χ2n) is 5.55. The van der Waals surface area contributed by atoms with Gasteiger partial charge in [0.1, 0.15) is 0 Å². The first-order chi connectivity index (χ1) is 9.29. The zero-order chi connectivity index (χ0) is 13.2. The highest BCUT2D eigenvalue weighted by atomic mass is 16.2. The lowest BCUT2D eigenvalue weighted by atomic mass is 9.85. The molecule has 2 atom stereocenters. The Morgan fingerprint density at radius 2 is 2.21 bits per heavy atom. The van der Waals surface area contributed by atoms with E-state index in [1.54, 1.807) is 10.9 Å². The molecule has 6 heteroatoms. The zero-order valence-electron chi connectivity index (χ0n) is 11.2. The van der Waals surface area contributed by atoms with Crippen LogP contribution in [0.15, 0.2) is 6.20 Å². The van der Waals surface area contributed by atoms with Crippen LogP contribution in [-0.4, -0.2) is 44.9 Å². The number of amides is 1. The van der Waals surface area contributed by atoms with Gasteiger partial charge in [0.05, 0.1) is 12.7 Å². The molecule has 1 aromatic rings. The predicted octanol–water partition coefficient (Wildman–Crippen LogP) is 0.641. The fourth-order valence-electron chi connectivity index (χ4n) is 3.44. The molecule has 0 aromatic carbocycles. The minimum absolute atomic E-state index is 0.0395. The molecule has 2 heterocycles. The van der Waals surface area contributed by atoms with Gasteiger partial charge in [0.15, 0.2) is 5.69 Å². The van der Waals surface area contributed by atoms with E-state index in [4.69, 9.17) is 5.73 Å². The van der Waals surface area contributed by atoms with Crippen LogP contribution in [0.1, 0.15) is 42.6 Å². The fraction of sp³-hybridized carbons (Fsp3) is 0.769.